The molecule has 194 valence electrons. The Bertz CT molecular complexity index is 2250. The molecule has 0 fully saturated rings. The summed E-state index contributed by atoms with van der Waals surface area (Å²) >= 11 is 0. The zero-order chi connectivity index (χ0) is 28.2. The maximum absolute atomic E-state index is 9.22. The number of furan rings is 2. The van der Waals surface area contributed by atoms with Crippen LogP contribution in [0.2, 0.25) is 0 Å². The van der Waals surface area contributed by atoms with Crippen molar-refractivity contribution >= 4 is 43.9 Å². The molecule has 42 heavy (non-hydrogen) atoms. The summed E-state index contributed by atoms with van der Waals surface area (Å²) in [5.41, 5.74) is 10.6. The van der Waals surface area contributed by atoms with Gasteiger partial charge in [-0.15, -0.1) is 0 Å². The Kier molecular flexibility index (Phi) is 5.22. The molecule has 6 aromatic carbocycles. The van der Waals surface area contributed by atoms with Gasteiger partial charge in [0.25, 0.3) is 0 Å². The van der Waals surface area contributed by atoms with E-state index in [4.69, 9.17) is 8.83 Å². The number of nitrogens with zero attached hydrogens (tertiary/aromatic N) is 2. The zero-order valence-electron chi connectivity index (χ0n) is 22.3. The summed E-state index contributed by atoms with van der Waals surface area (Å²) in [5, 5.41) is 22.5. The van der Waals surface area contributed by atoms with Crippen LogP contribution in [0.4, 0.5) is 0 Å². The Hall–Kier alpha value is -6.10. The highest BCUT2D eigenvalue weighted by Gasteiger charge is 2.21. The van der Waals surface area contributed by atoms with E-state index in [-0.39, 0.29) is 0 Å². The average molecular weight is 537 g/mol. The second-order valence-electron chi connectivity index (χ2n) is 10.4. The number of nitriles is 2. The van der Waals surface area contributed by atoms with Crippen LogP contribution in [-0.2, 0) is 0 Å². The molecule has 0 atom stereocenters. The van der Waals surface area contributed by atoms with Crippen molar-refractivity contribution in [1.82, 2.24) is 0 Å². The first kappa shape index (κ1) is 23.8. The summed E-state index contributed by atoms with van der Waals surface area (Å²) in [6.07, 6.45) is 0. The van der Waals surface area contributed by atoms with Gasteiger partial charge in [0.15, 0.2) is 0 Å². The van der Waals surface area contributed by atoms with Gasteiger partial charge in [0.1, 0.15) is 22.3 Å². The van der Waals surface area contributed by atoms with Crippen molar-refractivity contribution in [2.24, 2.45) is 0 Å². The number of rotatable bonds is 3. The van der Waals surface area contributed by atoms with Gasteiger partial charge in [0.05, 0.1) is 28.8 Å². The van der Waals surface area contributed by atoms with E-state index in [0.29, 0.717) is 11.1 Å². The predicted molar refractivity (Wildman–Crippen MR) is 167 cm³/mol. The molecule has 0 saturated carbocycles. The van der Waals surface area contributed by atoms with Crippen molar-refractivity contribution in [3.8, 4) is 45.5 Å². The van der Waals surface area contributed by atoms with Crippen molar-refractivity contribution in [2.45, 2.75) is 0 Å². The molecule has 2 aromatic heterocycles. The molecule has 0 radical (unpaired) electrons. The fourth-order valence-corrected chi connectivity index (χ4v) is 5.84. The van der Waals surface area contributed by atoms with E-state index in [9.17, 15) is 10.5 Å². The minimum Gasteiger partial charge on any atom is -0.455 e. The summed E-state index contributed by atoms with van der Waals surface area (Å²) < 4.78 is 13.1. The number of fused-ring (bicyclic) bond motifs is 6. The monoisotopic (exact) mass is 536 g/mol. The summed E-state index contributed by atoms with van der Waals surface area (Å²) in [4.78, 5) is 0. The third kappa shape index (κ3) is 3.68. The first-order valence-electron chi connectivity index (χ1n) is 13.6. The van der Waals surface area contributed by atoms with Crippen LogP contribution in [0.1, 0.15) is 11.1 Å². The smallest absolute Gasteiger partial charge is 0.147 e. The van der Waals surface area contributed by atoms with Crippen molar-refractivity contribution in [1.29, 1.82) is 10.5 Å². The van der Waals surface area contributed by atoms with Gasteiger partial charge in [-0.1, -0.05) is 66.7 Å². The molecule has 0 N–H and O–H groups in total. The maximum atomic E-state index is 9.22. The van der Waals surface area contributed by atoms with Crippen LogP contribution in [0.15, 0.2) is 130 Å². The highest BCUT2D eigenvalue weighted by molar-refractivity contribution is 6.22. The Morgan fingerprint density at radius 1 is 0.405 bits per heavy atom. The molecule has 2 heterocycles. The lowest BCUT2D eigenvalue weighted by molar-refractivity contribution is 0.658. The minimum atomic E-state index is 0.635. The summed E-state index contributed by atoms with van der Waals surface area (Å²) in [6.45, 7) is 0. The van der Waals surface area contributed by atoms with Crippen LogP contribution in [-0.4, -0.2) is 0 Å². The van der Waals surface area contributed by atoms with E-state index in [2.05, 4.69) is 54.6 Å². The van der Waals surface area contributed by atoms with Gasteiger partial charge in [-0.25, -0.2) is 0 Å². The van der Waals surface area contributed by atoms with Crippen LogP contribution in [0, 0.1) is 22.7 Å². The summed E-state index contributed by atoms with van der Waals surface area (Å²) in [7, 11) is 0. The quantitative estimate of drug-likeness (QED) is 0.225. The van der Waals surface area contributed by atoms with Gasteiger partial charge >= 0.3 is 0 Å². The zero-order valence-corrected chi connectivity index (χ0v) is 22.3. The van der Waals surface area contributed by atoms with Gasteiger partial charge < -0.3 is 8.83 Å². The Morgan fingerprint density at radius 2 is 0.857 bits per heavy atom. The topological polar surface area (TPSA) is 73.9 Å². The summed E-state index contributed by atoms with van der Waals surface area (Å²) in [6, 6.07) is 44.5. The van der Waals surface area contributed by atoms with Gasteiger partial charge in [-0.3, -0.25) is 0 Å². The van der Waals surface area contributed by atoms with Gasteiger partial charge in [0.2, 0.25) is 0 Å². The lowest BCUT2D eigenvalue weighted by Crippen LogP contribution is -1.82. The third-order valence-corrected chi connectivity index (χ3v) is 7.95. The van der Waals surface area contributed by atoms with Crippen molar-refractivity contribution < 1.29 is 8.83 Å². The Labute approximate surface area is 240 Å². The van der Waals surface area contributed by atoms with E-state index in [0.717, 1.165) is 77.3 Å². The van der Waals surface area contributed by atoms with E-state index < -0.39 is 0 Å². The van der Waals surface area contributed by atoms with Gasteiger partial charge in [-0.2, -0.15) is 10.5 Å². The molecule has 0 aliphatic rings. The molecule has 8 rings (SSSR count). The molecule has 0 bridgehead atoms. The first-order chi connectivity index (χ1) is 20.7. The highest BCUT2D eigenvalue weighted by atomic mass is 16.3. The van der Waals surface area contributed by atoms with Gasteiger partial charge in [0, 0.05) is 21.5 Å². The number of hydrogen-bond donors (Lipinski definition) is 0. The summed E-state index contributed by atoms with van der Waals surface area (Å²) in [5.74, 6) is 0. The molecular weight excluding hydrogens is 516 g/mol. The van der Waals surface area contributed by atoms with E-state index in [1.807, 2.05) is 78.9 Å². The standard InChI is InChI=1S/C38H20N2O2/c39-21-23-6-10-25(11-7-23)28-14-16-34-30(18-28)32-20-33-31-19-29(26-12-8-24(22-40)9-13-26)15-17-35(31)42-38(33)36(37(32)41-34)27-4-2-1-3-5-27/h1-20H. The molecule has 4 heteroatoms. The molecule has 4 nitrogen and oxygen atoms in total. The van der Waals surface area contributed by atoms with Crippen LogP contribution >= 0.6 is 0 Å². The Balaban J connectivity index is 1.42. The average Bonchev–Trinajstić information content (AvgIpc) is 3.61. The number of hydrogen-bond acceptors (Lipinski definition) is 4. The molecular formula is C38H20N2O2. The van der Waals surface area contributed by atoms with Crippen LogP contribution in [0.3, 0.4) is 0 Å². The first-order valence-corrected chi connectivity index (χ1v) is 13.6. The molecule has 0 aliphatic heterocycles. The van der Waals surface area contributed by atoms with Gasteiger partial charge in [-0.05, 0) is 82.4 Å². The lowest BCUT2D eigenvalue weighted by atomic mass is 9.96. The number of benzene rings is 6. The van der Waals surface area contributed by atoms with Crippen LogP contribution in [0.25, 0.3) is 77.3 Å². The molecule has 0 unspecified atom stereocenters. The highest BCUT2D eigenvalue weighted by Crippen LogP contribution is 2.45. The van der Waals surface area contributed by atoms with E-state index in [1.165, 1.54) is 0 Å². The van der Waals surface area contributed by atoms with Crippen molar-refractivity contribution in [2.75, 3.05) is 0 Å². The van der Waals surface area contributed by atoms with Crippen LogP contribution < -0.4 is 0 Å². The second-order valence-corrected chi connectivity index (χ2v) is 10.4. The second kappa shape index (κ2) is 9.24. The SMILES string of the molecule is N#Cc1ccc(-c2ccc3oc4c(-c5ccccc5)c5oc6ccc(-c7ccc(C#N)cc7)cc6c5cc4c3c2)cc1. The third-order valence-electron chi connectivity index (χ3n) is 7.95. The Morgan fingerprint density at radius 3 is 1.31 bits per heavy atom. The van der Waals surface area contributed by atoms with E-state index >= 15 is 0 Å². The molecule has 0 spiro atoms. The van der Waals surface area contributed by atoms with Crippen LogP contribution in [0.5, 0.6) is 0 Å². The fraction of sp³-hybridized carbons (Fsp3) is 0. The maximum Gasteiger partial charge on any atom is 0.147 e. The van der Waals surface area contributed by atoms with Crippen molar-refractivity contribution in [3.63, 3.8) is 0 Å². The normalized spacial score (nSPS) is 11.3. The molecule has 0 amide bonds. The predicted octanol–water partition coefficient (Wildman–Crippen LogP) is 10.2. The minimum absolute atomic E-state index is 0.635. The molecule has 0 aliphatic carbocycles. The molecule has 0 saturated heterocycles. The van der Waals surface area contributed by atoms with Crippen molar-refractivity contribution in [3.05, 3.63) is 132 Å². The molecule has 8 aromatic rings. The lowest BCUT2D eigenvalue weighted by Gasteiger charge is -2.05. The van der Waals surface area contributed by atoms with E-state index in [1.54, 1.807) is 0 Å². The fourth-order valence-electron chi connectivity index (χ4n) is 5.84. The largest absolute Gasteiger partial charge is 0.455 e.